The van der Waals surface area contributed by atoms with Crippen molar-refractivity contribution in [3.63, 3.8) is 0 Å². The predicted molar refractivity (Wildman–Crippen MR) is 110 cm³/mol. The molecule has 0 bridgehead atoms. The molecule has 0 aliphatic carbocycles. The van der Waals surface area contributed by atoms with Crippen molar-refractivity contribution in [1.29, 1.82) is 0 Å². The molecule has 9 nitrogen and oxygen atoms in total. The Morgan fingerprint density at radius 2 is 1.97 bits per heavy atom. The molecule has 1 aromatic heterocycles. The molecule has 31 heavy (non-hydrogen) atoms. The monoisotopic (exact) mass is 433 g/mol. The first-order chi connectivity index (χ1) is 14.8. The van der Waals surface area contributed by atoms with Crippen molar-refractivity contribution in [2.45, 2.75) is 44.5 Å². The quantitative estimate of drug-likeness (QED) is 0.474. The minimum absolute atomic E-state index is 0.140. The van der Waals surface area contributed by atoms with E-state index in [1.165, 1.54) is 17.9 Å². The number of aliphatic hydroxyl groups excluding tert-OH is 1. The highest BCUT2D eigenvalue weighted by Crippen LogP contribution is 2.34. The Labute approximate surface area is 179 Å². The number of esters is 1. The van der Waals surface area contributed by atoms with Gasteiger partial charge < -0.3 is 29.2 Å². The fourth-order valence-electron chi connectivity index (χ4n) is 3.46. The molecule has 1 aromatic carbocycles. The van der Waals surface area contributed by atoms with Crippen LogP contribution in [0.4, 0.5) is 0 Å². The van der Waals surface area contributed by atoms with Crippen molar-refractivity contribution in [2.75, 3.05) is 20.3 Å². The molecule has 1 aliphatic rings. The van der Waals surface area contributed by atoms with Gasteiger partial charge in [-0.05, 0) is 26.0 Å². The van der Waals surface area contributed by atoms with E-state index in [0.29, 0.717) is 11.1 Å². The number of methoxy groups -OCH3 is 1. The normalized spacial score (nSPS) is 24.1. The van der Waals surface area contributed by atoms with Gasteiger partial charge in [0.2, 0.25) is 0 Å². The van der Waals surface area contributed by atoms with Crippen LogP contribution in [0.1, 0.15) is 29.1 Å². The van der Waals surface area contributed by atoms with E-state index in [0.717, 1.165) is 6.07 Å². The minimum Gasteiger partial charge on any atom is -0.507 e. The molecule has 2 N–H and O–H groups in total. The molecule has 5 atom stereocenters. The van der Waals surface area contributed by atoms with E-state index < -0.39 is 42.2 Å². The second-order valence-electron chi connectivity index (χ2n) is 7.37. The second kappa shape index (κ2) is 10.1. The van der Waals surface area contributed by atoms with E-state index in [9.17, 15) is 19.8 Å². The van der Waals surface area contributed by atoms with Crippen molar-refractivity contribution in [3.8, 4) is 5.75 Å². The van der Waals surface area contributed by atoms with Gasteiger partial charge in [0, 0.05) is 24.9 Å². The van der Waals surface area contributed by atoms with E-state index in [1.807, 2.05) is 0 Å². The Bertz CT molecular complexity index is 944. The van der Waals surface area contributed by atoms with Crippen molar-refractivity contribution < 1.29 is 34.0 Å². The molecule has 0 amide bonds. The number of aromatic nitrogens is 1. The fraction of sp³-hybridized carbons (Fsp3) is 0.455. The Hall–Kier alpha value is -2.72. The fourth-order valence-corrected chi connectivity index (χ4v) is 3.46. The highest BCUT2D eigenvalue weighted by atomic mass is 16.6. The van der Waals surface area contributed by atoms with Gasteiger partial charge in [-0.2, -0.15) is 0 Å². The number of pyridine rings is 1. The first kappa shape index (κ1) is 23.0. The van der Waals surface area contributed by atoms with Crippen LogP contribution in [-0.2, 0) is 18.9 Å². The maximum atomic E-state index is 12.5. The Morgan fingerprint density at radius 3 is 2.65 bits per heavy atom. The van der Waals surface area contributed by atoms with Gasteiger partial charge in [0.1, 0.15) is 30.2 Å². The van der Waals surface area contributed by atoms with E-state index in [4.69, 9.17) is 18.9 Å². The standard InChI is InChI=1S/C22H27NO8/c1-13-12-23(17(25)11-16(13)24)21-20(29-10-9-28-3)18(26)19(31-21)14(2)30-22(27)15-7-5-4-6-8-15/h4-8,11-12,14,18-21,24,26H,9-10H2,1-3H3. The molecule has 5 unspecified atom stereocenters. The summed E-state index contributed by atoms with van der Waals surface area (Å²) in [5.41, 5.74) is 0.312. The SMILES string of the molecule is COCCOC1C(O)C(C(C)OC(=O)c2ccccc2)OC1n1cc(C)c(O)cc1=O. The van der Waals surface area contributed by atoms with Gasteiger partial charge >= 0.3 is 5.97 Å². The number of hydrogen-bond donors (Lipinski definition) is 2. The lowest BCUT2D eigenvalue weighted by Gasteiger charge is -2.23. The lowest BCUT2D eigenvalue weighted by atomic mass is 10.1. The molecule has 0 spiro atoms. The van der Waals surface area contributed by atoms with Crippen molar-refractivity contribution in [3.05, 3.63) is 64.1 Å². The number of aryl methyl sites for hydroxylation is 1. The Morgan fingerprint density at radius 1 is 1.26 bits per heavy atom. The highest BCUT2D eigenvalue weighted by Gasteiger charge is 2.49. The summed E-state index contributed by atoms with van der Waals surface area (Å²) in [5.74, 6) is -0.694. The largest absolute Gasteiger partial charge is 0.507 e. The molecule has 9 heteroatoms. The van der Waals surface area contributed by atoms with Gasteiger partial charge in [-0.15, -0.1) is 0 Å². The van der Waals surface area contributed by atoms with Crippen molar-refractivity contribution in [2.24, 2.45) is 0 Å². The lowest BCUT2D eigenvalue weighted by molar-refractivity contribution is -0.0930. The summed E-state index contributed by atoms with van der Waals surface area (Å²) >= 11 is 0. The maximum absolute atomic E-state index is 12.5. The van der Waals surface area contributed by atoms with Crippen LogP contribution in [-0.4, -0.2) is 65.5 Å². The average Bonchev–Trinajstić information content (AvgIpc) is 3.08. The Balaban J connectivity index is 1.83. The summed E-state index contributed by atoms with van der Waals surface area (Å²) < 4.78 is 23.5. The lowest BCUT2D eigenvalue weighted by Crippen LogP contribution is -2.41. The molecule has 3 rings (SSSR count). The molecule has 2 aromatic rings. The zero-order valence-electron chi connectivity index (χ0n) is 17.6. The number of carbonyl (C=O) groups is 1. The van der Waals surface area contributed by atoms with E-state index in [1.54, 1.807) is 44.2 Å². The average molecular weight is 433 g/mol. The van der Waals surface area contributed by atoms with Crippen molar-refractivity contribution >= 4 is 5.97 Å². The molecular weight excluding hydrogens is 406 g/mol. The summed E-state index contributed by atoms with van der Waals surface area (Å²) in [7, 11) is 1.52. The van der Waals surface area contributed by atoms with Crippen LogP contribution in [0.3, 0.4) is 0 Å². The molecule has 1 fully saturated rings. The smallest absolute Gasteiger partial charge is 0.338 e. The third-order valence-electron chi connectivity index (χ3n) is 5.14. The molecule has 0 radical (unpaired) electrons. The van der Waals surface area contributed by atoms with Gasteiger partial charge in [-0.1, -0.05) is 18.2 Å². The van der Waals surface area contributed by atoms with E-state index in [2.05, 4.69) is 0 Å². The molecular formula is C22H27NO8. The van der Waals surface area contributed by atoms with Crippen LogP contribution in [0.15, 0.2) is 47.4 Å². The number of carbonyl (C=O) groups excluding carboxylic acids is 1. The van der Waals surface area contributed by atoms with Gasteiger partial charge in [-0.3, -0.25) is 9.36 Å². The molecule has 168 valence electrons. The summed E-state index contributed by atoms with van der Waals surface area (Å²) in [5, 5.41) is 20.7. The summed E-state index contributed by atoms with van der Waals surface area (Å²) in [6.45, 7) is 3.69. The van der Waals surface area contributed by atoms with Crippen LogP contribution >= 0.6 is 0 Å². The van der Waals surface area contributed by atoms with Crippen LogP contribution in [0.25, 0.3) is 0 Å². The van der Waals surface area contributed by atoms with Crippen LogP contribution in [0.5, 0.6) is 5.75 Å². The summed E-state index contributed by atoms with van der Waals surface area (Å²) in [6.07, 6.45) is -3.41. The molecule has 2 heterocycles. The minimum atomic E-state index is -1.18. The van der Waals surface area contributed by atoms with Crippen LogP contribution in [0, 0.1) is 6.92 Å². The zero-order chi connectivity index (χ0) is 22.5. The van der Waals surface area contributed by atoms with Gasteiger partial charge in [0.15, 0.2) is 6.23 Å². The number of ether oxygens (including phenoxy) is 4. The van der Waals surface area contributed by atoms with Gasteiger partial charge in [0.25, 0.3) is 5.56 Å². The number of aliphatic hydroxyl groups is 1. The zero-order valence-corrected chi connectivity index (χ0v) is 17.6. The summed E-state index contributed by atoms with van der Waals surface area (Å²) in [6, 6.07) is 9.55. The maximum Gasteiger partial charge on any atom is 0.338 e. The number of nitrogens with zero attached hydrogens (tertiary/aromatic N) is 1. The number of rotatable bonds is 8. The van der Waals surface area contributed by atoms with E-state index >= 15 is 0 Å². The molecule has 1 aliphatic heterocycles. The van der Waals surface area contributed by atoms with Crippen LogP contribution < -0.4 is 5.56 Å². The highest BCUT2D eigenvalue weighted by molar-refractivity contribution is 5.89. The summed E-state index contributed by atoms with van der Waals surface area (Å²) in [4.78, 5) is 24.9. The third kappa shape index (κ3) is 5.13. The number of hydrogen-bond acceptors (Lipinski definition) is 8. The second-order valence-corrected chi connectivity index (χ2v) is 7.37. The first-order valence-electron chi connectivity index (χ1n) is 9.95. The Kier molecular flexibility index (Phi) is 7.45. The van der Waals surface area contributed by atoms with Crippen LogP contribution in [0.2, 0.25) is 0 Å². The number of benzene rings is 1. The molecule has 0 saturated carbocycles. The van der Waals surface area contributed by atoms with Gasteiger partial charge in [0.05, 0.1) is 18.8 Å². The van der Waals surface area contributed by atoms with Crippen molar-refractivity contribution in [1.82, 2.24) is 4.57 Å². The first-order valence-corrected chi connectivity index (χ1v) is 9.95. The molecule has 1 saturated heterocycles. The number of aromatic hydroxyl groups is 1. The topological polar surface area (TPSA) is 116 Å². The van der Waals surface area contributed by atoms with Gasteiger partial charge in [-0.25, -0.2) is 4.79 Å². The third-order valence-corrected chi connectivity index (χ3v) is 5.14. The predicted octanol–water partition coefficient (Wildman–Crippen LogP) is 1.40. The van der Waals surface area contributed by atoms with E-state index in [-0.39, 0.29) is 19.0 Å².